The summed E-state index contributed by atoms with van der Waals surface area (Å²) in [6.07, 6.45) is -0.495. The van der Waals surface area contributed by atoms with Gasteiger partial charge in [-0.25, -0.2) is 4.18 Å². The molecule has 9 heavy (non-hydrogen) atoms. The summed E-state index contributed by atoms with van der Waals surface area (Å²) in [6, 6.07) is 0. The second-order valence-corrected chi connectivity index (χ2v) is 2.62. The molecule has 0 aliphatic rings. The number of hydrogen-bond donors (Lipinski definition) is 1. The maximum Gasteiger partial charge on any atom is 0.397 e. The predicted octanol–water partition coefficient (Wildman–Crippen LogP) is -0.702. The monoisotopic (exact) mass is 166 g/mol. The molecule has 0 saturated carbocycles. The minimum atomic E-state index is -4.22. The van der Waals surface area contributed by atoms with E-state index in [-0.39, 0.29) is 23.1 Å². The first-order valence-corrected chi connectivity index (χ1v) is 3.44. The largest absolute Gasteiger partial charge is 0.397 e. The molecular formula is C3H10MgO4S. The van der Waals surface area contributed by atoms with Crippen LogP contribution in [0.3, 0.4) is 0 Å². The smallest absolute Gasteiger partial charge is 0.264 e. The molecule has 6 heteroatoms. The standard InChI is InChI=1S/C3H8O4S.Mg.2H/c1-3(2)7-8(4,5)6;;;/h3H,1-2H3,(H,4,5,6);;;. The minimum Gasteiger partial charge on any atom is -0.264 e. The molecule has 0 spiro atoms. The highest BCUT2D eigenvalue weighted by Crippen LogP contribution is 1.92. The number of hydrogen-bond acceptors (Lipinski definition) is 3. The topological polar surface area (TPSA) is 63.6 Å². The zero-order valence-electron chi connectivity index (χ0n) is 4.66. The van der Waals surface area contributed by atoms with Gasteiger partial charge in [-0.1, -0.05) is 0 Å². The van der Waals surface area contributed by atoms with Crippen molar-refractivity contribution >= 4 is 33.5 Å². The lowest BCUT2D eigenvalue weighted by molar-refractivity contribution is 0.213. The first-order valence-electron chi connectivity index (χ1n) is 2.07. The van der Waals surface area contributed by atoms with Crippen LogP contribution in [-0.4, -0.2) is 42.1 Å². The van der Waals surface area contributed by atoms with Gasteiger partial charge in [0.05, 0.1) is 6.10 Å². The van der Waals surface area contributed by atoms with Crippen LogP contribution < -0.4 is 0 Å². The van der Waals surface area contributed by atoms with E-state index in [9.17, 15) is 8.42 Å². The van der Waals surface area contributed by atoms with E-state index in [1.165, 1.54) is 13.8 Å². The second-order valence-electron chi connectivity index (χ2n) is 1.57. The third-order valence-electron chi connectivity index (χ3n) is 0.314. The molecule has 0 saturated heterocycles. The summed E-state index contributed by atoms with van der Waals surface area (Å²) in [5.41, 5.74) is 0. The molecule has 0 aliphatic heterocycles. The van der Waals surface area contributed by atoms with Crippen LogP contribution in [0.15, 0.2) is 0 Å². The minimum absolute atomic E-state index is 0. The fourth-order valence-electron chi connectivity index (χ4n) is 0.243. The van der Waals surface area contributed by atoms with Crippen LogP contribution in [0.25, 0.3) is 0 Å². The Bertz CT molecular complexity index is 149. The van der Waals surface area contributed by atoms with Gasteiger partial charge in [0.1, 0.15) is 0 Å². The van der Waals surface area contributed by atoms with Crippen LogP contribution in [0.2, 0.25) is 0 Å². The van der Waals surface area contributed by atoms with Crippen molar-refractivity contribution < 1.29 is 17.2 Å². The summed E-state index contributed by atoms with van der Waals surface area (Å²) in [6.45, 7) is 3.02. The Balaban J connectivity index is 0. The Morgan fingerprint density at radius 1 is 1.44 bits per heavy atom. The van der Waals surface area contributed by atoms with E-state index >= 15 is 0 Å². The molecule has 0 heterocycles. The Hall–Kier alpha value is 0.636. The molecule has 0 rings (SSSR count). The third-order valence-corrected chi connectivity index (χ3v) is 0.942. The van der Waals surface area contributed by atoms with Gasteiger partial charge in [0, 0.05) is 0 Å². The fourth-order valence-corrected chi connectivity index (χ4v) is 0.730. The van der Waals surface area contributed by atoms with Crippen molar-refractivity contribution in [2.45, 2.75) is 20.0 Å². The first kappa shape index (κ1) is 12.3. The molecule has 0 fully saturated rings. The average Bonchev–Trinajstić information content (AvgIpc) is 1.21. The van der Waals surface area contributed by atoms with Gasteiger partial charge in [-0.05, 0) is 13.8 Å². The molecule has 54 valence electrons. The summed E-state index contributed by atoms with van der Waals surface area (Å²) in [5.74, 6) is 0. The maximum atomic E-state index is 9.78. The van der Waals surface area contributed by atoms with Crippen molar-refractivity contribution in [1.82, 2.24) is 0 Å². The van der Waals surface area contributed by atoms with Gasteiger partial charge in [-0.2, -0.15) is 8.42 Å². The van der Waals surface area contributed by atoms with Crippen molar-refractivity contribution in [3.05, 3.63) is 0 Å². The van der Waals surface area contributed by atoms with Crippen molar-refractivity contribution in [2.75, 3.05) is 0 Å². The van der Waals surface area contributed by atoms with Crippen LogP contribution in [0.1, 0.15) is 13.8 Å². The number of rotatable bonds is 2. The molecule has 0 aromatic rings. The molecular weight excluding hydrogens is 156 g/mol. The summed E-state index contributed by atoms with van der Waals surface area (Å²) in [7, 11) is -4.22. The highest BCUT2D eigenvalue weighted by molar-refractivity contribution is 7.80. The van der Waals surface area contributed by atoms with Crippen molar-refractivity contribution in [1.29, 1.82) is 0 Å². The molecule has 0 unspecified atom stereocenters. The molecule has 0 atom stereocenters. The lowest BCUT2D eigenvalue weighted by Gasteiger charge is -1.99. The van der Waals surface area contributed by atoms with E-state index < -0.39 is 16.5 Å². The van der Waals surface area contributed by atoms with Crippen LogP contribution in [0.4, 0.5) is 0 Å². The van der Waals surface area contributed by atoms with E-state index in [0.717, 1.165) is 0 Å². The van der Waals surface area contributed by atoms with E-state index in [4.69, 9.17) is 4.55 Å². The van der Waals surface area contributed by atoms with E-state index in [1.54, 1.807) is 0 Å². The molecule has 0 bridgehead atoms. The average molecular weight is 166 g/mol. The van der Waals surface area contributed by atoms with Crippen molar-refractivity contribution in [3.63, 3.8) is 0 Å². The van der Waals surface area contributed by atoms with Crippen LogP contribution >= 0.6 is 0 Å². The Morgan fingerprint density at radius 2 is 1.78 bits per heavy atom. The maximum absolute atomic E-state index is 9.78. The van der Waals surface area contributed by atoms with Gasteiger partial charge in [0.25, 0.3) is 0 Å². The van der Waals surface area contributed by atoms with Gasteiger partial charge in [0.2, 0.25) is 0 Å². The zero-order chi connectivity index (χ0) is 6.78. The van der Waals surface area contributed by atoms with Crippen molar-refractivity contribution in [3.8, 4) is 0 Å². The molecule has 0 amide bonds. The highest BCUT2D eigenvalue weighted by atomic mass is 32.3. The normalized spacial score (nSPS) is 11.1. The third kappa shape index (κ3) is 12.0. The molecule has 4 nitrogen and oxygen atoms in total. The molecule has 1 N–H and O–H groups in total. The Morgan fingerprint density at radius 3 is 1.78 bits per heavy atom. The quantitative estimate of drug-likeness (QED) is 0.435. The van der Waals surface area contributed by atoms with Gasteiger partial charge in [0.15, 0.2) is 0 Å². The summed E-state index contributed by atoms with van der Waals surface area (Å²) in [5, 5.41) is 0. The van der Waals surface area contributed by atoms with Gasteiger partial charge >= 0.3 is 33.5 Å². The van der Waals surface area contributed by atoms with Crippen LogP contribution in [0, 0.1) is 0 Å². The molecule has 0 radical (unpaired) electrons. The molecule has 0 aromatic heterocycles. The van der Waals surface area contributed by atoms with Crippen LogP contribution in [0.5, 0.6) is 0 Å². The lowest BCUT2D eigenvalue weighted by Crippen LogP contribution is -2.10. The van der Waals surface area contributed by atoms with E-state index in [1.807, 2.05) is 0 Å². The molecule has 0 aliphatic carbocycles. The lowest BCUT2D eigenvalue weighted by atomic mass is 10.5. The van der Waals surface area contributed by atoms with Gasteiger partial charge in [-0.15, -0.1) is 0 Å². The Labute approximate surface area is 70.7 Å². The van der Waals surface area contributed by atoms with Gasteiger partial charge in [-0.3, -0.25) is 4.55 Å². The highest BCUT2D eigenvalue weighted by Gasteiger charge is 2.05. The van der Waals surface area contributed by atoms with Gasteiger partial charge < -0.3 is 0 Å². The summed E-state index contributed by atoms with van der Waals surface area (Å²) < 4.78 is 31.5. The Kier molecular flexibility index (Phi) is 6.10. The van der Waals surface area contributed by atoms with Crippen molar-refractivity contribution in [2.24, 2.45) is 0 Å². The predicted molar refractivity (Wildman–Crippen MR) is 36.3 cm³/mol. The summed E-state index contributed by atoms with van der Waals surface area (Å²) in [4.78, 5) is 0. The summed E-state index contributed by atoms with van der Waals surface area (Å²) >= 11 is 0. The first-order chi connectivity index (χ1) is 3.42. The fraction of sp³-hybridized carbons (Fsp3) is 1.00. The SMILES string of the molecule is CC(C)OS(=O)(=O)O.[MgH2]. The molecule has 0 aromatic carbocycles. The second kappa shape index (κ2) is 4.45. The zero-order valence-corrected chi connectivity index (χ0v) is 5.47. The van der Waals surface area contributed by atoms with E-state index in [0.29, 0.717) is 0 Å². The van der Waals surface area contributed by atoms with E-state index in [2.05, 4.69) is 4.18 Å². The van der Waals surface area contributed by atoms with Crippen LogP contribution in [-0.2, 0) is 14.6 Å².